The standard InChI is InChI=1S/C10H12N2O/c1-7-6-8(7)10(13)12-9-4-2-3-5-11-9/h2-5,7-8H,6H2,1H3,(H,11,12,13). The second kappa shape index (κ2) is 3.17. The molecule has 2 atom stereocenters. The Morgan fingerprint density at radius 1 is 1.62 bits per heavy atom. The summed E-state index contributed by atoms with van der Waals surface area (Å²) in [5.41, 5.74) is 0. The molecule has 1 aromatic rings. The van der Waals surface area contributed by atoms with E-state index in [2.05, 4.69) is 17.2 Å². The smallest absolute Gasteiger partial charge is 0.228 e. The Bertz CT molecular complexity index is 310. The van der Waals surface area contributed by atoms with E-state index in [1.165, 1.54) is 0 Å². The van der Waals surface area contributed by atoms with Crippen molar-refractivity contribution in [2.45, 2.75) is 13.3 Å². The molecular formula is C10H12N2O. The molecule has 1 heterocycles. The summed E-state index contributed by atoms with van der Waals surface area (Å²) in [5, 5.41) is 2.78. The van der Waals surface area contributed by atoms with Gasteiger partial charge >= 0.3 is 0 Å². The molecule has 1 saturated carbocycles. The van der Waals surface area contributed by atoms with E-state index in [0.717, 1.165) is 6.42 Å². The van der Waals surface area contributed by atoms with Crippen molar-refractivity contribution in [1.29, 1.82) is 0 Å². The average molecular weight is 176 g/mol. The van der Waals surface area contributed by atoms with E-state index in [9.17, 15) is 4.79 Å². The van der Waals surface area contributed by atoms with Gasteiger partial charge in [-0.3, -0.25) is 4.79 Å². The molecule has 13 heavy (non-hydrogen) atoms. The van der Waals surface area contributed by atoms with Crippen molar-refractivity contribution >= 4 is 11.7 Å². The van der Waals surface area contributed by atoms with Crippen molar-refractivity contribution in [3.63, 3.8) is 0 Å². The lowest BCUT2D eigenvalue weighted by Crippen LogP contribution is -2.15. The Balaban J connectivity index is 1.95. The number of aromatic nitrogens is 1. The number of rotatable bonds is 2. The van der Waals surface area contributed by atoms with Crippen molar-refractivity contribution < 1.29 is 4.79 Å². The highest BCUT2D eigenvalue weighted by molar-refractivity contribution is 5.93. The molecule has 68 valence electrons. The highest BCUT2D eigenvalue weighted by Gasteiger charge is 2.39. The van der Waals surface area contributed by atoms with Crippen LogP contribution in [0.15, 0.2) is 24.4 Å². The van der Waals surface area contributed by atoms with E-state index in [-0.39, 0.29) is 11.8 Å². The second-order valence-electron chi connectivity index (χ2n) is 3.52. The average Bonchev–Trinajstić information content (AvgIpc) is 2.84. The van der Waals surface area contributed by atoms with Gasteiger partial charge in [-0.05, 0) is 24.5 Å². The maximum absolute atomic E-state index is 11.4. The summed E-state index contributed by atoms with van der Waals surface area (Å²) in [6.07, 6.45) is 2.69. The number of hydrogen-bond acceptors (Lipinski definition) is 2. The van der Waals surface area contributed by atoms with Gasteiger partial charge in [-0.1, -0.05) is 13.0 Å². The molecule has 0 radical (unpaired) electrons. The first kappa shape index (κ1) is 8.23. The number of nitrogens with zero attached hydrogens (tertiary/aromatic N) is 1. The van der Waals surface area contributed by atoms with Crippen LogP contribution in [0.1, 0.15) is 13.3 Å². The molecule has 0 bridgehead atoms. The van der Waals surface area contributed by atoms with Gasteiger partial charge in [0.1, 0.15) is 5.82 Å². The van der Waals surface area contributed by atoms with Crippen LogP contribution in [0.25, 0.3) is 0 Å². The van der Waals surface area contributed by atoms with Crippen molar-refractivity contribution in [2.75, 3.05) is 5.32 Å². The minimum absolute atomic E-state index is 0.103. The molecule has 1 aromatic heterocycles. The lowest BCUT2D eigenvalue weighted by atomic mass is 10.3. The molecule has 2 rings (SSSR count). The zero-order chi connectivity index (χ0) is 9.26. The van der Waals surface area contributed by atoms with Crippen LogP contribution in [-0.2, 0) is 4.79 Å². The zero-order valence-corrected chi connectivity index (χ0v) is 7.53. The number of anilines is 1. The number of carbonyl (C=O) groups is 1. The van der Waals surface area contributed by atoms with Gasteiger partial charge in [-0.25, -0.2) is 4.98 Å². The van der Waals surface area contributed by atoms with Crippen LogP contribution in [0.4, 0.5) is 5.82 Å². The Labute approximate surface area is 77.2 Å². The molecule has 3 nitrogen and oxygen atoms in total. The third-order valence-corrected chi connectivity index (χ3v) is 2.36. The van der Waals surface area contributed by atoms with Crippen molar-refractivity contribution in [3.05, 3.63) is 24.4 Å². The minimum Gasteiger partial charge on any atom is -0.310 e. The fourth-order valence-corrected chi connectivity index (χ4v) is 1.34. The van der Waals surface area contributed by atoms with Crippen molar-refractivity contribution in [1.82, 2.24) is 4.98 Å². The van der Waals surface area contributed by atoms with Gasteiger partial charge in [0.05, 0.1) is 0 Å². The van der Waals surface area contributed by atoms with Gasteiger partial charge < -0.3 is 5.32 Å². The number of amides is 1. The van der Waals surface area contributed by atoms with Crippen LogP contribution >= 0.6 is 0 Å². The van der Waals surface area contributed by atoms with Crippen LogP contribution in [0.5, 0.6) is 0 Å². The predicted molar refractivity (Wildman–Crippen MR) is 50.1 cm³/mol. The maximum Gasteiger partial charge on any atom is 0.228 e. The van der Waals surface area contributed by atoms with Crippen LogP contribution < -0.4 is 5.32 Å². The Kier molecular flexibility index (Phi) is 2.00. The summed E-state index contributed by atoms with van der Waals surface area (Å²) >= 11 is 0. The molecule has 3 heteroatoms. The van der Waals surface area contributed by atoms with E-state index in [1.54, 1.807) is 12.3 Å². The van der Waals surface area contributed by atoms with Crippen LogP contribution in [0, 0.1) is 11.8 Å². The monoisotopic (exact) mass is 176 g/mol. The van der Waals surface area contributed by atoms with Crippen molar-refractivity contribution in [2.24, 2.45) is 11.8 Å². The first-order valence-corrected chi connectivity index (χ1v) is 4.49. The first-order chi connectivity index (χ1) is 6.27. The molecule has 2 unspecified atom stereocenters. The summed E-state index contributed by atoms with van der Waals surface area (Å²) in [6.45, 7) is 2.09. The number of hydrogen-bond donors (Lipinski definition) is 1. The molecule has 0 saturated heterocycles. The molecule has 0 spiro atoms. The molecule has 1 amide bonds. The highest BCUT2D eigenvalue weighted by atomic mass is 16.2. The van der Waals surface area contributed by atoms with Gasteiger partial charge in [-0.2, -0.15) is 0 Å². The van der Waals surface area contributed by atoms with Gasteiger partial charge in [0.2, 0.25) is 5.91 Å². The second-order valence-corrected chi connectivity index (χ2v) is 3.52. The zero-order valence-electron chi connectivity index (χ0n) is 7.53. The van der Waals surface area contributed by atoms with Gasteiger partial charge in [0.15, 0.2) is 0 Å². The fraction of sp³-hybridized carbons (Fsp3) is 0.400. The van der Waals surface area contributed by atoms with E-state index in [1.807, 2.05) is 12.1 Å². The Morgan fingerprint density at radius 2 is 2.38 bits per heavy atom. The molecular weight excluding hydrogens is 164 g/mol. The summed E-state index contributed by atoms with van der Waals surface area (Å²) in [5.74, 6) is 1.50. The summed E-state index contributed by atoms with van der Waals surface area (Å²) in [6, 6.07) is 5.49. The van der Waals surface area contributed by atoms with E-state index < -0.39 is 0 Å². The molecule has 0 aliphatic heterocycles. The normalized spacial score (nSPS) is 25.3. The van der Waals surface area contributed by atoms with Gasteiger partial charge in [0.25, 0.3) is 0 Å². The lowest BCUT2D eigenvalue weighted by molar-refractivity contribution is -0.117. The maximum atomic E-state index is 11.4. The summed E-state index contributed by atoms with van der Waals surface area (Å²) in [4.78, 5) is 15.5. The quantitative estimate of drug-likeness (QED) is 0.744. The summed E-state index contributed by atoms with van der Waals surface area (Å²) < 4.78 is 0. The van der Waals surface area contributed by atoms with E-state index in [4.69, 9.17) is 0 Å². The largest absolute Gasteiger partial charge is 0.310 e. The van der Waals surface area contributed by atoms with E-state index >= 15 is 0 Å². The molecule has 1 aliphatic carbocycles. The lowest BCUT2D eigenvalue weighted by Gasteiger charge is -2.01. The number of carbonyl (C=O) groups excluding carboxylic acids is 1. The number of nitrogens with one attached hydrogen (secondary N) is 1. The number of pyridine rings is 1. The van der Waals surface area contributed by atoms with Gasteiger partial charge in [-0.15, -0.1) is 0 Å². The molecule has 1 aliphatic rings. The van der Waals surface area contributed by atoms with E-state index in [0.29, 0.717) is 11.7 Å². The minimum atomic E-state index is 0.103. The van der Waals surface area contributed by atoms with Crippen LogP contribution in [-0.4, -0.2) is 10.9 Å². The molecule has 0 aromatic carbocycles. The Morgan fingerprint density at radius 3 is 2.92 bits per heavy atom. The molecule has 1 N–H and O–H groups in total. The SMILES string of the molecule is CC1CC1C(=O)Nc1ccccn1. The topological polar surface area (TPSA) is 42.0 Å². The molecule has 1 fully saturated rings. The van der Waals surface area contributed by atoms with Gasteiger partial charge in [0, 0.05) is 12.1 Å². The fourth-order valence-electron chi connectivity index (χ4n) is 1.34. The van der Waals surface area contributed by atoms with Crippen LogP contribution in [0.2, 0.25) is 0 Å². The van der Waals surface area contributed by atoms with Crippen LogP contribution in [0.3, 0.4) is 0 Å². The summed E-state index contributed by atoms with van der Waals surface area (Å²) in [7, 11) is 0. The predicted octanol–water partition coefficient (Wildman–Crippen LogP) is 1.68. The highest BCUT2D eigenvalue weighted by Crippen LogP contribution is 2.38. The first-order valence-electron chi connectivity index (χ1n) is 4.49. The van der Waals surface area contributed by atoms with Crippen molar-refractivity contribution in [3.8, 4) is 0 Å². The third-order valence-electron chi connectivity index (χ3n) is 2.36. The Hall–Kier alpha value is -1.38. The third kappa shape index (κ3) is 1.86.